The van der Waals surface area contributed by atoms with Crippen LogP contribution < -0.4 is 0 Å². The Balaban J connectivity index is 2.05. The second kappa shape index (κ2) is 20.9. The van der Waals surface area contributed by atoms with Crippen molar-refractivity contribution in [2.45, 2.75) is 147 Å². The molecular formula is C27H51FO10S. The van der Waals surface area contributed by atoms with Gasteiger partial charge in [0.2, 0.25) is 0 Å². The van der Waals surface area contributed by atoms with Crippen LogP contribution in [0, 0.1) is 0 Å². The van der Waals surface area contributed by atoms with E-state index in [1.807, 2.05) is 0 Å². The maximum Gasteiger partial charge on any atom is 0.305 e. The average Bonchev–Trinajstić information content (AvgIpc) is 2.88. The van der Waals surface area contributed by atoms with E-state index >= 15 is 0 Å². The number of esters is 1. The Labute approximate surface area is 233 Å². The van der Waals surface area contributed by atoms with Crippen LogP contribution in [0.3, 0.4) is 0 Å². The molecular weight excluding hydrogens is 534 g/mol. The fourth-order valence-electron chi connectivity index (χ4n) is 4.53. The van der Waals surface area contributed by atoms with E-state index in [0.717, 1.165) is 19.3 Å². The lowest BCUT2D eigenvalue weighted by Crippen LogP contribution is -2.58. The van der Waals surface area contributed by atoms with Gasteiger partial charge in [-0.1, -0.05) is 96.8 Å². The maximum atomic E-state index is 14.2. The lowest BCUT2D eigenvalue weighted by molar-refractivity contribution is -0.282. The number of alkyl halides is 1. The van der Waals surface area contributed by atoms with Crippen molar-refractivity contribution in [3.8, 4) is 0 Å². The van der Waals surface area contributed by atoms with Gasteiger partial charge in [0.1, 0.15) is 36.8 Å². The monoisotopic (exact) mass is 585 g/mol. The molecule has 1 fully saturated rings. The van der Waals surface area contributed by atoms with Crippen LogP contribution in [0.1, 0.15) is 110 Å². The number of unbranched alkanes of at least 4 members (excludes halogenated alkanes) is 14. The van der Waals surface area contributed by atoms with Crippen molar-refractivity contribution in [3.63, 3.8) is 0 Å². The SMILES string of the molecule is CCCCCCCCCCCCCCCCCC(=O)OCC(O)CO[C@H]1O[C@H](CS(=O)(=O)O)[C@@H](O)[C@H](O)[C@H]1[18F]. The first-order chi connectivity index (χ1) is 18.5. The molecule has 0 saturated carbocycles. The Morgan fingerprint density at radius 1 is 0.846 bits per heavy atom. The van der Waals surface area contributed by atoms with Gasteiger partial charge in [0, 0.05) is 6.42 Å². The first kappa shape index (κ1) is 36.1. The van der Waals surface area contributed by atoms with Crippen LogP contribution in [0.2, 0.25) is 0 Å². The van der Waals surface area contributed by atoms with Gasteiger partial charge in [0.05, 0.1) is 6.61 Å². The molecule has 4 N–H and O–H groups in total. The van der Waals surface area contributed by atoms with Crippen LogP contribution in [0.15, 0.2) is 0 Å². The normalized spacial score (nSPS) is 24.5. The van der Waals surface area contributed by atoms with Crippen molar-refractivity contribution < 1.29 is 51.7 Å². The highest BCUT2D eigenvalue weighted by Crippen LogP contribution is 2.25. The zero-order valence-corrected chi connectivity index (χ0v) is 24.2. The number of aliphatic hydroxyl groups is 3. The fraction of sp³-hybridized carbons (Fsp3) is 0.963. The van der Waals surface area contributed by atoms with Crippen LogP contribution in [0.5, 0.6) is 0 Å². The predicted octanol–water partition coefficient (Wildman–Crippen LogP) is 3.84. The van der Waals surface area contributed by atoms with Crippen molar-refractivity contribution in [2.75, 3.05) is 19.0 Å². The molecule has 1 aliphatic heterocycles. The van der Waals surface area contributed by atoms with E-state index < -0.39 is 65.3 Å². The zero-order chi connectivity index (χ0) is 29.1. The number of ether oxygens (including phenoxy) is 3. The summed E-state index contributed by atoms with van der Waals surface area (Å²) in [5.74, 6) is -1.54. The molecule has 1 rings (SSSR count). The molecule has 1 unspecified atom stereocenters. The molecule has 0 aromatic carbocycles. The molecule has 39 heavy (non-hydrogen) atoms. The third-order valence-corrected chi connectivity index (χ3v) is 7.62. The quantitative estimate of drug-likeness (QED) is 0.0788. The summed E-state index contributed by atoms with van der Waals surface area (Å²) in [6.45, 7) is 1.32. The summed E-state index contributed by atoms with van der Waals surface area (Å²) in [7, 11) is -4.57. The summed E-state index contributed by atoms with van der Waals surface area (Å²) in [6.07, 6.45) is 7.72. The molecule has 12 heteroatoms. The van der Waals surface area contributed by atoms with Crippen LogP contribution in [0.25, 0.3) is 0 Å². The zero-order valence-electron chi connectivity index (χ0n) is 23.4. The lowest BCUT2D eigenvalue weighted by Gasteiger charge is -2.38. The number of aliphatic hydroxyl groups excluding tert-OH is 3. The Morgan fingerprint density at radius 3 is 1.82 bits per heavy atom. The van der Waals surface area contributed by atoms with Crippen molar-refractivity contribution in [1.82, 2.24) is 0 Å². The summed E-state index contributed by atoms with van der Waals surface area (Å²) < 4.78 is 60.3. The third kappa shape index (κ3) is 17.5. The highest BCUT2D eigenvalue weighted by Gasteiger charge is 2.46. The second-order valence-corrected chi connectivity index (χ2v) is 12.1. The van der Waals surface area contributed by atoms with Gasteiger partial charge in [-0.05, 0) is 6.42 Å². The molecule has 1 saturated heterocycles. The number of hydrogen-bond acceptors (Lipinski definition) is 9. The van der Waals surface area contributed by atoms with Gasteiger partial charge in [-0.3, -0.25) is 9.35 Å². The highest BCUT2D eigenvalue weighted by atomic mass is 32.2. The maximum absolute atomic E-state index is 14.2. The van der Waals surface area contributed by atoms with Gasteiger partial charge in [0.15, 0.2) is 12.5 Å². The van der Waals surface area contributed by atoms with Gasteiger partial charge in [-0.25, -0.2) is 4.39 Å². The highest BCUT2D eigenvalue weighted by molar-refractivity contribution is 7.85. The summed E-state index contributed by atoms with van der Waals surface area (Å²) >= 11 is 0. The van der Waals surface area contributed by atoms with Crippen molar-refractivity contribution in [1.29, 1.82) is 0 Å². The van der Waals surface area contributed by atoms with Gasteiger partial charge in [-0.15, -0.1) is 0 Å². The molecule has 10 nitrogen and oxygen atoms in total. The minimum absolute atomic E-state index is 0.228. The molecule has 0 amide bonds. The Kier molecular flexibility index (Phi) is 19.4. The number of halogens is 1. The van der Waals surface area contributed by atoms with Crippen molar-refractivity contribution in [2.24, 2.45) is 0 Å². The van der Waals surface area contributed by atoms with Crippen LogP contribution in [-0.2, 0) is 29.1 Å². The molecule has 0 aliphatic carbocycles. The summed E-state index contributed by atoms with van der Waals surface area (Å²) in [5, 5.41) is 29.5. The first-order valence-electron chi connectivity index (χ1n) is 14.6. The molecule has 0 bridgehead atoms. The van der Waals surface area contributed by atoms with Gasteiger partial charge in [-0.2, -0.15) is 8.42 Å². The molecule has 232 valence electrons. The third-order valence-electron chi connectivity index (χ3n) is 6.87. The fourth-order valence-corrected chi connectivity index (χ4v) is 5.22. The van der Waals surface area contributed by atoms with E-state index in [4.69, 9.17) is 18.8 Å². The van der Waals surface area contributed by atoms with E-state index in [1.165, 1.54) is 70.6 Å². The van der Waals surface area contributed by atoms with Crippen LogP contribution in [0.4, 0.5) is 4.39 Å². The number of carbonyl (C=O) groups is 1. The molecule has 1 heterocycles. The second-order valence-electron chi connectivity index (χ2n) is 10.6. The Bertz CT molecular complexity index is 738. The van der Waals surface area contributed by atoms with E-state index in [-0.39, 0.29) is 13.0 Å². The topological polar surface area (TPSA) is 160 Å². The minimum atomic E-state index is -4.57. The van der Waals surface area contributed by atoms with Gasteiger partial charge in [0.25, 0.3) is 10.1 Å². The molecule has 1 aliphatic rings. The van der Waals surface area contributed by atoms with Gasteiger partial charge >= 0.3 is 5.97 Å². The predicted molar refractivity (Wildman–Crippen MR) is 144 cm³/mol. The number of hydrogen-bond donors (Lipinski definition) is 4. The summed E-state index contributed by atoms with van der Waals surface area (Å²) in [4.78, 5) is 11.9. The average molecular weight is 586 g/mol. The Morgan fingerprint density at radius 2 is 1.33 bits per heavy atom. The van der Waals surface area contributed by atoms with Crippen LogP contribution in [-0.4, -0.2) is 90.1 Å². The van der Waals surface area contributed by atoms with Crippen molar-refractivity contribution in [3.05, 3.63) is 0 Å². The van der Waals surface area contributed by atoms with E-state index in [0.29, 0.717) is 6.42 Å². The first-order valence-corrected chi connectivity index (χ1v) is 16.2. The number of rotatable bonds is 23. The molecule has 0 radical (unpaired) electrons. The van der Waals surface area contributed by atoms with E-state index in [1.54, 1.807) is 0 Å². The van der Waals surface area contributed by atoms with E-state index in [9.17, 15) is 32.9 Å². The van der Waals surface area contributed by atoms with Gasteiger partial charge < -0.3 is 29.5 Å². The van der Waals surface area contributed by atoms with E-state index in [2.05, 4.69) is 6.92 Å². The molecule has 6 atom stereocenters. The Hall–Kier alpha value is -0.890. The standard InChI is InChI=1S/C27H51FO10S/c1-2-3-4-5-6-7-8-9-10-11-12-13-14-15-16-17-23(30)36-18-21(29)19-37-27-24(28)26(32)25(31)22(38-27)20-39(33,34)35/h21-22,24-27,29,31-32H,2-20H2,1H3,(H,33,34,35)/t21?,22-,24-,25-,26-,27+/m1/s1/i28-1. The minimum Gasteiger partial charge on any atom is -0.463 e. The molecule has 0 aromatic heterocycles. The summed E-state index contributed by atoms with van der Waals surface area (Å²) in [6, 6.07) is 0. The van der Waals surface area contributed by atoms with Crippen LogP contribution >= 0.6 is 0 Å². The lowest BCUT2D eigenvalue weighted by atomic mass is 10.0. The smallest absolute Gasteiger partial charge is 0.305 e. The summed E-state index contributed by atoms with van der Waals surface area (Å²) in [5.41, 5.74) is 0. The molecule has 0 aromatic rings. The molecule has 0 spiro atoms. The van der Waals surface area contributed by atoms with Crippen molar-refractivity contribution >= 4 is 16.1 Å². The largest absolute Gasteiger partial charge is 0.463 e. The number of carbonyl (C=O) groups excluding carboxylic acids is 1.